The van der Waals surface area contributed by atoms with E-state index in [1.807, 2.05) is 32.5 Å². The van der Waals surface area contributed by atoms with Crippen molar-refractivity contribution in [2.45, 2.75) is 39.7 Å². The predicted molar refractivity (Wildman–Crippen MR) is 90.8 cm³/mol. The van der Waals surface area contributed by atoms with Gasteiger partial charge in [0.1, 0.15) is 17.1 Å². The summed E-state index contributed by atoms with van der Waals surface area (Å²) in [6, 6.07) is 3.17. The molecule has 0 bridgehead atoms. The quantitative estimate of drug-likeness (QED) is 0.749. The average molecular weight is 334 g/mol. The third-order valence-electron chi connectivity index (χ3n) is 4.18. The van der Waals surface area contributed by atoms with Gasteiger partial charge < -0.3 is 20.2 Å². The fourth-order valence-electron chi connectivity index (χ4n) is 2.61. The minimum atomic E-state index is -1.25. The molecular formula is C17H26N4O3. The third kappa shape index (κ3) is 4.17. The Morgan fingerprint density at radius 1 is 1.33 bits per heavy atom. The molecule has 0 aromatic carbocycles. The van der Waals surface area contributed by atoms with E-state index in [4.69, 9.17) is 4.42 Å². The van der Waals surface area contributed by atoms with E-state index in [1.165, 1.54) is 0 Å². The number of nitrogens with one attached hydrogen (secondary N) is 2. The smallest absolute Gasteiger partial charge is 0.314 e. The first kappa shape index (κ1) is 18.1. The second-order valence-corrected chi connectivity index (χ2v) is 6.32. The highest BCUT2D eigenvalue weighted by atomic mass is 16.4. The maximum absolute atomic E-state index is 11.9. The maximum atomic E-state index is 11.9. The second kappa shape index (κ2) is 7.09. The Morgan fingerprint density at radius 3 is 2.58 bits per heavy atom. The zero-order valence-electron chi connectivity index (χ0n) is 14.9. The van der Waals surface area contributed by atoms with Crippen LogP contribution in [0.5, 0.6) is 0 Å². The van der Waals surface area contributed by atoms with E-state index in [9.17, 15) is 9.90 Å². The average Bonchev–Trinajstić information content (AvgIpc) is 3.04. The Hall–Kier alpha value is -2.28. The topological polar surface area (TPSA) is 92.3 Å². The molecule has 2 aromatic rings. The summed E-state index contributed by atoms with van der Waals surface area (Å²) in [6.07, 6.45) is 0.715. The molecule has 0 fully saturated rings. The number of rotatable bonds is 6. The number of aryl methyl sites for hydroxylation is 3. The summed E-state index contributed by atoms with van der Waals surface area (Å²) in [5.74, 6) is 1.15. The fourth-order valence-corrected chi connectivity index (χ4v) is 2.61. The summed E-state index contributed by atoms with van der Waals surface area (Å²) in [5, 5.41) is 20.2. The van der Waals surface area contributed by atoms with Crippen molar-refractivity contribution in [3.8, 4) is 0 Å². The van der Waals surface area contributed by atoms with Gasteiger partial charge in [0.15, 0.2) is 0 Å². The van der Waals surface area contributed by atoms with E-state index in [0.29, 0.717) is 18.7 Å². The molecule has 0 aliphatic heterocycles. The van der Waals surface area contributed by atoms with Gasteiger partial charge in [0.25, 0.3) is 0 Å². The molecule has 24 heavy (non-hydrogen) atoms. The number of aliphatic hydroxyl groups is 1. The molecule has 0 saturated heterocycles. The predicted octanol–water partition coefficient (Wildman–Crippen LogP) is 1.69. The first-order valence-corrected chi connectivity index (χ1v) is 8.01. The minimum absolute atomic E-state index is 0.0662. The summed E-state index contributed by atoms with van der Waals surface area (Å²) < 4.78 is 7.26. The molecular weight excluding hydrogens is 308 g/mol. The third-order valence-corrected chi connectivity index (χ3v) is 4.18. The second-order valence-electron chi connectivity index (χ2n) is 6.32. The molecule has 3 N–H and O–H groups in total. The van der Waals surface area contributed by atoms with Gasteiger partial charge in [0.2, 0.25) is 0 Å². The summed E-state index contributed by atoms with van der Waals surface area (Å²) in [6.45, 7) is 7.96. The Balaban J connectivity index is 1.79. The Labute approximate surface area is 142 Å². The fraction of sp³-hybridized carbons (Fsp3) is 0.529. The van der Waals surface area contributed by atoms with Crippen molar-refractivity contribution in [3.63, 3.8) is 0 Å². The maximum Gasteiger partial charge on any atom is 0.314 e. The normalized spacial score (nSPS) is 13.6. The molecule has 0 aliphatic rings. The van der Waals surface area contributed by atoms with Gasteiger partial charge in [-0.1, -0.05) is 0 Å². The summed E-state index contributed by atoms with van der Waals surface area (Å²) in [5.41, 5.74) is 1.98. The van der Waals surface area contributed by atoms with Crippen LogP contribution in [0.1, 0.15) is 35.4 Å². The van der Waals surface area contributed by atoms with Crippen LogP contribution in [0.25, 0.3) is 0 Å². The molecule has 0 saturated carbocycles. The van der Waals surface area contributed by atoms with Gasteiger partial charge in [0, 0.05) is 19.3 Å². The Morgan fingerprint density at radius 2 is 2.04 bits per heavy atom. The molecule has 7 nitrogen and oxygen atoms in total. The number of urea groups is 1. The van der Waals surface area contributed by atoms with Crippen LogP contribution in [0.2, 0.25) is 0 Å². The Bertz CT molecular complexity index is 715. The van der Waals surface area contributed by atoms with E-state index in [2.05, 4.69) is 15.7 Å². The lowest BCUT2D eigenvalue weighted by Gasteiger charge is -2.21. The standard InChI is InChI=1S/C17H26N4O3/c1-11-6-7-15(24-11)17(4,23)10-19-16(22)18-9-8-14-12(2)20-21(5)13(14)3/h6-7,23H,8-10H2,1-5H3,(H2,18,19,22). The largest absolute Gasteiger partial charge is 0.463 e. The van der Waals surface area contributed by atoms with E-state index >= 15 is 0 Å². The lowest BCUT2D eigenvalue weighted by molar-refractivity contribution is 0.0360. The molecule has 1 unspecified atom stereocenters. The number of aromatic nitrogens is 2. The highest BCUT2D eigenvalue weighted by Crippen LogP contribution is 2.21. The van der Waals surface area contributed by atoms with Crippen LogP contribution in [0, 0.1) is 20.8 Å². The highest BCUT2D eigenvalue weighted by Gasteiger charge is 2.27. The summed E-state index contributed by atoms with van der Waals surface area (Å²) in [4.78, 5) is 11.9. The van der Waals surface area contributed by atoms with Crippen molar-refractivity contribution in [1.82, 2.24) is 20.4 Å². The zero-order chi connectivity index (χ0) is 17.9. The molecule has 2 amide bonds. The minimum Gasteiger partial charge on any atom is -0.463 e. The van der Waals surface area contributed by atoms with Crippen molar-refractivity contribution < 1.29 is 14.3 Å². The lowest BCUT2D eigenvalue weighted by atomic mass is 10.0. The van der Waals surface area contributed by atoms with Crippen molar-refractivity contribution in [1.29, 1.82) is 0 Å². The number of hydrogen-bond donors (Lipinski definition) is 3. The molecule has 0 radical (unpaired) electrons. The molecule has 2 rings (SSSR count). The SMILES string of the molecule is Cc1ccc(C(C)(O)CNC(=O)NCCc2c(C)nn(C)c2C)o1. The summed E-state index contributed by atoms with van der Waals surface area (Å²) >= 11 is 0. The van der Waals surface area contributed by atoms with Crippen LogP contribution >= 0.6 is 0 Å². The molecule has 7 heteroatoms. The number of amides is 2. The van der Waals surface area contributed by atoms with Crippen LogP contribution < -0.4 is 10.6 Å². The van der Waals surface area contributed by atoms with Crippen LogP contribution in [0.15, 0.2) is 16.5 Å². The van der Waals surface area contributed by atoms with Gasteiger partial charge in [0.05, 0.1) is 12.2 Å². The molecule has 0 aliphatic carbocycles. The van der Waals surface area contributed by atoms with Gasteiger partial charge in [-0.3, -0.25) is 4.68 Å². The van der Waals surface area contributed by atoms with Crippen LogP contribution in [0.3, 0.4) is 0 Å². The van der Waals surface area contributed by atoms with Crippen molar-refractivity contribution in [2.75, 3.05) is 13.1 Å². The number of furan rings is 1. The van der Waals surface area contributed by atoms with Gasteiger partial charge in [-0.2, -0.15) is 5.10 Å². The first-order valence-electron chi connectivity index (χ1n) is 8.01. The first-order chi connectivity index (χ1) is 11.2. The van der Waals surface area contributed by atoms with Crippen molar-refractivity contribution in [3.05, 3.63) is 40.6 Å². The monoisotopic (exact) mass is 334 g/mol. The van der Waals surface area contributed by atoms with Crippen molar-refractivity contribution >= 4 is 6.03 Å². The number of nitrogens with zero attached hydrogens (tertiary/aromatic N) is 2. The molecule has 132 valence electrons. The molecule has 2 heterocycles. The van der Waals surface area contributed by atoms with Crippen LogP contribution in [0.4, 0.5) is 4.79 Å². The zero-order valence-corrected chi connectivity index (χ0v) is 14.9. The van der Waals surface area contributed by atoms with Gasteiger partial charge in [-0.25, -0.2) is 4.79 Å². The van der Waals surface area contributed by atoms with E-state index in [0.717, 1.165) is 22.7 Å². The van der Waals surface area contributed by atoms with Gasteiger partial charge >= 0.3 is 6.03 Å². The number of hydrogen-bond acceptors (Lipinski definition) is 4. The van der Waals surface area contributed by atoms with Gasteiger partial charge in [-0.05, 0) is 51.8 Å². The van der Waals surface area contributed by atoms with Crippen LogP contribution in [-0.2, 0) is 19.1 Å². The van der Waals surface area contributed by atoms with Crippen molar-refractivity contribution in [2.24, 2.45) is 7.05 Å². The summed E-state index contributed by atoms with van der Waals surface area (Å²) in [7, 11) is 1.91. The van der Waals surface area contributed by atoms with Crippen LogP contribution in [-0.4, -0.2) is 34.0 Å². The number of carbonyl (C=O) groups is 1. The molecule has 2 aromatic heterocycles. The highest BCUT2D eigenvalue weighted by molar-refractivity contribution is 5.73. The molecule has 1 atom stereocenters. The number of carbonyl (C=O) groups excluding carboxylic acids is 1. The van der Waals surface area contributed by atoms with E-state index < -0.39 is 5.60 Å². The lowest BCUT2D eigenvalue weighted by Crippen LogP contribution is -2.43. The van der Waals surface area contributed by atoms with E-state index in [1.54, 1.807) is 19.1 Å². The van der Waals surface area contributed by atoms with E-state index in [-0.39, 0.29) is 12.6 Å². The van der Waals surface area contributed by atoms with Gasteiger partial charge in [-0.15, -0.1) is 0 Å². The Kier molecular flexibility index (Phi) is 5.33. The molecule has 0 spiro atoms.